The highest BCUT2D eigenvalue weighted by Gasteiger charge is 2.25. The molecular weight excluding hydrogens is 247 g/mol. The van der Waals surface area contributed by atoms with E-state index in [4.69, 9.17) is 10.5 Å². The Bertz CT molecular complexity index is 412. The Morgan fingerprint density at radius 3 is 2.47 bits per heavy atom. The van der Waals surface area contributed by atoms with E-state index in [1.807, 2.05) is 13.8 Å². The van der Waals surface area contributed by atoms with E-state index in [0.717, 1.165) is 12.8 Å². The fraction of sp³-hybridized carbons (Fsp3) is 0.571. The number of aliphatic hydroxyl groups is 1. The predicted octanol–water partition coefficient (Wildman–Crippen LogP) is 2.63. The monoisotopic (exact) mass is 270 g/mol. The Hall–Kier alpha value is -1.49. The molecule has 0 unspecified atom stereocenters. The van der Waals surface area contributed by atoms with E-state index in [1.165, 1.54) is 19.2 Å². The zero-order valence-electron chi connectivity index (χ0n) is 11.8. The molecule has 1 rings (SSSR count). The van der Waals surface area contributed by atoms with Crippen LogP contribution in [0, 0.1) is 11.2 Å². The van der Waals surface area contributed by atoms with Gasteiger partial charge in [0.15, 0.2) is 11.6 Å². The van der Waals surface area contributed by atoms with Crippen LogP contribution in [0.5, 0.6) is 5.75 Å². The van der Waals surface area contributed by atoms with Crippen LogP contribution < -0.4 is 15.8 Å². The highest BCUT2D eigenvalue weighted by molar-refractivity contribution is 5.68. The van der Waals surface area contributed by atoms with Gasteiger partial charge < -0.3 is 20.9 Å². The molecule has 0 aliphatic rings. The van der Waals surface area contributed by atoms with Gasteiger partial charge in [0, 0.05) is 24.1 Å². The number of hydrogen-bond donors (Lipinski definition) is 3. The predicted molar refractivity (Wildman–Crippen MR) is 76.0 cm³/mol. The van der Waals surface area contributed by atoms with E-state index < -0.39 is 5.82 Å². The molecule has 0 heterocycles. The molecule has 0 aliphatic carbocycles. The molecule has 1 aromatic rings. The number of nitrogens with two attached hydrogens (primary N) is 1. The molecule has 4 N–H and O–H groups in total. The van der Waals surface area contributed by atoms with Crippen molar-refractivity contribution in [3.63, 3.8) is 0 Å². The van der Waals surface area contributed by atoms with Crippen molar-refractivity contribution in [2.75, 3.05) is 31.3 Å². The van der Waals surface area contributed by atoms with Gasteiger partial charge in [0.25, 0.3) is 0 Å². The number of nitrogens with one attached hydrogen (secondary N) is 1. The van der Waals surface area contributed by atoms with E-state index in [2.05, 4.69) is 5.32 Å². The molecule has 0 saturated heterocycles. The van der Waals surface area contributed by atoms with Crippen LogP contribution in [0.3, 0.4) is 0 Å². The lowest BCUT2D eigenvalue weighted by atomic mass is 9.83. The van der Waals surface area contributed by atoms with Crippen LogP contribution in [0.15, 0.2) is 12.1 Å². The molecule has 0 fully saturated rings. The summed E-state index contributed by atoms with van der Waals surface area (Å²) in [6.45, 7) is 4.76. The van der Waals surface area contributed by atoms with Crippen molar-refractivity contribution in [2.45, 2.75) is 26.7 Å². The average molecular weight is 270 g/mol. The maximum Gasteiger partial charge on any atom is 0.167 e. The number of nitrogen functional groups attached to an aromatic ring is 1. The van der Waals surface area contributed by atoms with Crippen LogP contribution >= 0.6 is 0 Å². The maximum absolute atomic E-state index is 13.4. The van der Waals surface area contributed by atoms with Gasteiger partial charge in [-0.1, -0.05) is 13.8 Å². The second kappa shape index (κ2) is 6.61. The smallest absolute Gasteiger partial charge is 0.167 e. The van der Waals surface area contributed by atoms with E-state index >= 15 is 0 Å². The molecule has 1 aromatic carbocycles. The molecule has 0 aliphatic heterocycles. The standard InChI is InChI=1S/C14H23FN2O2/c1-4-14(5-2,9-18)8-17-12-7-13(19-3)10(15)6-11(12)16/h6-7,17-18H,4-5,8-9,16H2,1-3H3. The normalized spacial score (nSPS) is 11.4. The van der Waals surface area contributed by atoms with Gasteiger partial charge in [0.2, 0.25) is 0 Å². The first kappa shape index (κ1) is 15.6. The van der Waals surface area contributed by atoms with Crippen molar-refractivity contribution in [3.05, 3.63) is 17.9 Å². The van der Waals surface area contributed by atoms with Crippen LogP contribution in [0.1, 0.15) is 26.7 Å². The van der Waals surface area contributed by atoms with Crippen LogP contribution in [-0.4, -0.2) is 25.4 Å². The fourth-order valence-corrected chi connectivity index (χ4v) is 1.94. The summed E-state index contributed by atoms with van der Waals surface area (Å²) in [6.07, 6.45) is 1.70. The third kappa shape index (κ3) is 3.50. The molecule has 5 heteroatoms. The summed E-state index contributed by atoms with van der Waals surface area (Å²) in [5.74, 6) is -0.329. The number of aliphatic hydroxyl groups excluding tert-OH is 1. The minimum atomic E-state index is -0.482. The maximum atomic E-state index is 13.4. The second-order valence-electron chi connectivity index (χ2n) is 4.79. The first-order valence-corrected chi connectivity index (χ1v) is 6.49. The number of methoxy groups -OCH3 is 1. The largest absolute Gasteiger partial charge is 0.494 e. The number of anilines is 2. The number of hydrogen-bond acceptors (Lipinski definition) is 4. The van der Waals surface area contributed by atoms with Crippen LogP contribution in [0.25, 0.3) is 0 Å². The van der Waals surface area contributed by atoms with Gasteiger partial charge in [-0.3, -0.25) is 0 Å². The van der Waals surface area contributed by atoms with Gasteiger partial charge in [-0.25, -0.2) is 4.39 Å². The van der Waals surface area contributed by atoms with Crippen molar-refractivity contribution in [1.82, 2.24) is 0 Å². The van der Waals surface area contributed by atoms with Crippen LogP contribution in [0.4, 0.5) is 15.8 Å². The molecular formula is C14H23FN2O2. The summed E-state index contributed by atoms with van der Waals surface area (Å²) in [5, 5.41) is 12.7. The summed E-state index contributed by atoms with van der Waals surface area (Å²) < 4.78 is 18.4. The third-order valence-corrected chi connectivity index (χ3v) is 3.81. The first-order chi connectivity index (χ1) is 9.01. The molecule has 0 saturated carbocycles. The first-order valence-electron chi connectivity index (χ1n) is 6.49. The molecule has 0 amide bonds. The van der Waals surface area contributed by atoms with E-state index in [0.29, 0.717) is 17.9 Å². The number of ether oxygens (including phenoxy) is 1. The van der Waals surface area contributed by atoms with Crippen LogP contribution in [-0.2, 0) is 0 Å². The van der Waals surface area contributed by atoms with Gasteiger partial charge in [0.1, 0.15) is 0 Å². The molecule has 19 heavy (non-hydrogen) atoms. The summed E-state index contributed by atoms with van der Waals surface area (Å²) in [6, 6.07) is 2.78. The van der Waals surface area contributed by atoms with Gasteiger partial charge >= 0.3 is 0 Å². The van der Waals surface area contributed by atoms with Crippen molar-refractivity contribution < 1.29 is 14.2 Å². The Morgan fingerprint density at radius 1 is 1.37 bits per heavy atom. The topological polar surface area (TPSA) is 67.5 Å². The molecule has 0 radical (unpaired) electrons. The lowest BCUT2D eigenvalue weighted by Crippen LogP contribution is -2.32. The Kier molecular flexibility index (Phi) is 5.42. The zero-order valence-corrected chi connectivity index (χ0v) is 11.8. The van der Waals surface area contributed by atoms with E-state index in [1.54, 1.807) is 0 Å². The molecule has 0 spiro atoms. The Labute approximate surface area is 113 Å². The molecule has 0 atom stereocenters. The lowest BCUT2D eigenvalue weighted by molar-refractivity contribution is 0.127. The minimum Gasteiger partial charge on any atom is -0.494 e. The fourth-order valence-electron chi connectivity index (χ4n) is 1.94. The van der Waals surface area contributed by atoms with Gasteiger partial charge in [-0.05, 0) is 12.8 Å². The summed E-state index contributed by atoms with van der Waals surface area (Å²) in [4.78, 5) is 0. The molecule has 0 aromatic heterocycles. The van der Waals surface area contributed by atoms with Crippen molar-refractivity contribution in [2.24, 2.45) is 5.41 Å². The van der Waals surface area contributed by atoms with Gasteiger partial charge in [-0.15, -0.1) is 0 Å². The van der Waals surface area contributed by atoms with Crippen LogP contribution in [0.2, 0.25) is 0 Å². The average Bonchev–Trinajstić information content (AvgIpc) is 2.43. The van der Waals surface area contributed by atoms with Crippen molar-refractivity contribution >= 4 is 11.4 Å². The molecule has 0 bridgehead atoms. The number of rotatable bonds is 7. The highest BCUT2D eigenvalue weighted by atomic mass is 19.1. The second-order valence-corrected chi connectivity index (χ2v) is 4.79. The molecule has 4 nitrogen and oxygen atoms in total. The van der Waals surface area contributed by atoms with E-state index in [-0.39, 0.29) is 17.8 Å². The summed E-state index contributed by atoms with van der Waals surface area (Å²) in [7, 11) is 1.41. The van der Waals surface area contributed by atoms with Crippen molar-refractivity contribution in [1.29, 1.82) is 0 Å². The summed E-state index contributed by atoms with van der Waals surface area (Å²) in [5.41, 5.74) is 6.55. The minimum absolute atomic E-state index is 0.102. The van der Waals surface area contributed by atoms with Gasteiger partial charge in [-0.2, -0.15) is 0 Å². The van der Waals surface area contributed by atoms with Gasteiger partial charge in [0.05, 0.1) is 25.1 Å². The summed E-state index contributed by atoms with van der Waals surface area (Å²) >= 11 is 0. The number of halogens is 1. The molecule has 108 valence electrons. The Morgan fingerprint density at radius 2 is 2.00 bits per heavy atom. The third-order valence-electron chi connectivity index (χ3n) is 3.81. The highest BCUT2D eigenvalue weighted by Crippen LogP contribution is 2.31. The lowest BCUT2D eigenvalue weighted by Gasteiger charge is -2.30. The Balaban J connectivity index is 2.88. The zero-order chi connectivity index (χ0) is 14.5. The van der Waals surface area contributed by atoms with E-state index in [9.17, 15) is 9.50 Å². The van der Waals surface area contributed by atoms with Crippen molar-refractivity contribution in [3.8, 4) is 5.75 Å². The SMILES string of the molecule is CCC(CC)(CO)CNc1cc(OC)c(F)cc1N. The quantitative estimate of drug-likeness (QED) is 0.666. The number of benzene rings is 1.